The fraction of sp³-hybridized carbons (Fsp3) is 0.789. The van der Waals surface area contributed by atoms with E-state index < -0.39 is 10.0 Å². The van der Waals surface area contributed by atoms with E-state index in [0.29, 0.717) is 31.9 Å². The minimum atomic E-state index is -3.39. The van der Waals surface area contributed by atoms with E-state index in [4.69, 9.17) is 9.52 Å². The van der Waals surface area contributed by atoms with Gasteiger partial charge in [-0.25, -0.2) is 8.42 Å². The van der Waals surface area contributed by atoms with E-state index in [-0.39, 0.29) is 29.7 Å². The summed E-state index contributed by atoms with van der Waals surface area (Å²) in [5.41, 5.74) is 0.441. The van der Waals surface area contributed by atoms with Gasteiger partial charge in [-0.05, 0) is 32.9 Å². The highest BCUT2D eigenvalue weighted by Crippen LogP contribution is 2.13. The van der Waals surface area contributed by atoms with Gasteiger partial charge in [0.25, 0.3) is 0 Å². The smallest absolute Gasteiger partial charge is 0.220 e. The quantitative estimate of drug-likeness (QED) is 0.311. The predicted molar refractivity (Wildman–Crippen MR) is 129 cm³/mol. The van der Waals surface area contributed by atoms with Crippen LogP contribution in [-0.2, 0) is 15.8 Å². The summed E-state index contributed by atoms with van der Waals surface area (Å²) < 4.78 is 31.5. The molecule has 1 aromatic rings. The number of piperazine rings is 1. The first-order valence-corrected chi connectivity index (χ1v) is 12.3. The van der Waals surface area contributed by atoms with Crippen molar-refractivity contribution in [3.8, 4) is 0 Å². The molecular weight excluding hydrogens is 519 g/mol. The van der Waals surface area contributed by atoms with Crippen molar-refractivity contribution in [3.63, 3.8) is 0 Å². The van der Waals surface area contributed by atoms with Crippen molar-refractivity contribution in [3.05, 3.63) is 18.0 Å². The molecule has 0 aromatic carbocycles. The number of aromatic nitrogens is 1. The van der Waals surface area contributed by atoms with E-state index in [2.05, 4.69) is 27.2 Å². The van der Waals surface area contributed by atoms with Crippen molar-refractivity contribution >= 4 is 40.0 Å². The molecule has 0 spiro atoms. The van der Waals surface area contributed by atoms with Gasteiger partial charge in [0.2, 0.25) is 10.0 Å². The summed E-state index contributed by atoms with van der Waals surface area (Å²) in [5, 5.41) is 7.08. The van der Waals surface area contributed by atoms with Crippen molar-refractivity contribution in [1.82, 2.24) is 24.6 Å². The van der Waals surface area contributed by atoms with E-state index >= 15 is 0 Å². The first-order chi connectivity index (χ1) is 14.1. The zero-order chi connectivity index (χ0) is 20.5. The first-order valence-electron chi connectivity index (χ1n) is 10.7. The third-order valence-electron chi connectivity index (χ3n) is 5.46. The number of rotatable bonds is 7. The summed E-state index contributed by atoms with van der Waals surface area (Å²) in [6.45, 7) is 9.14. The maximum atomic E-state index is 12.6. The molecular formula is C19H35IN6O3S. The maximum Gasteiger partial charge on any atom is 0.220 e. The molecule has 1 N–H and O–H groups in total. The number of halogens is 1. The molecule has 2 saturated heterocycles. The number of sulfonamides is 1. The highest BCUT2D eigenvalue weighted by Gasteiger charge is 2.29. The third kappa shape index (κ3) is 7.65. The van der Waals surface area contributed by atoms with Crippen LogP contribution in [0.4, 0.5) is 0 Å². The standard InChI is InChI=1S/C19H34N6O3S.HI/c1-2-20-19(21-8-11-23-9-5-3-4-6-10-23)24-12-14-25(15-13-24)29(26,27)17-18-7-16-28-22-18;/h7,16H,2-6,8-15,17H2,1H3,(H,20,21);1H. The van der Waals surface area contributed by atoms with E-state index in [1.165, 1.54) is 45.0 Å². The van der Waals surface area contributed by atoms with Crippen LogP contribution in [0.5, 0.6) is 0 Å². The molecule has 2 aliphatic heterocycles. The topological polar surface area (TPSA) is 94.3 Å². The van der Waals surface area contributed by atoms with Crippen molar-refractivity contribution in [2.45, 2.75) is 38.4 Å². The van der Waals surface area contributed by atoms with E-state index in [0.717, 1.165) is 25.6 Å². The molecule has 172 valence electrons. The maximum absolute atomic E-state index is 12.6. The Hall–Kier alpha value is -0.920. The van der Waals surface area contributed by atoms with Crippen LogP contribution in [-0.4, -0.2) is 92.5 Å². The van der Waals surface area contributed by atoms with Crippen LogP contribution in [0.3, 0.4) is 0 Å². The highest BCUT2D eigenvalue weighted by atomic mass is 127. The largest absolute Gasteiger partial charge is 0.364 e. The van der Waals surface area contributed by atoms with E-state index in [9.17, 15) is 8.42 Å². The molecule has 30 heavy (non-hydrogen) atoms. The van der Waals surface area contributed by atoms with Gasteiger partial charge in [-0.2, -0.15) is 4.31 Å². The second-order valence-corrected chi connectivity index (χ2v) is 9.59. The molecule has 0 saturated carbocycles. The molecule has 11 heteroatoms. The van der Waals surface area contributed by atoms with Crippen molar-refractivity contribution in [2.24, 2.45) is 4.99 Å². The van der Waals surface area contributed by atoms with Gasteiger partial charge in [-0.1, -0.05) is 18.0 Å². The van der Waals surface area contributed by atoms with E-state index in [1.54, 1.807) is 10.4 Å². The summed E-state index contributed by atoms with van der Waals surface area (Å²) in [6.07, 6.45) is 6.65. The third-order valence-corrected chi connectivity index (χ3v) is 7.28. The summed E-state index contributed by atoms with van der Waals surface area (Å²) in [4.78, 5) is 9.48. The minimum absolute atomic E-state index is 0. The fourth-order valence-electron chi connectivity index (χ4n) is 3.85. The van der Waals surface area contributed by atoms with Gasteiger partial charge in [0.15, 0.2) is 5.96 Å². The molecule has 2 fully saturated rings. The molecule has 0 unspecified atom stereocenters. The minimum Gasteiger partial charge on any atom is -0.364 e. The molecule has 3 rings (SSSR count). The second-order valence-electron chi connectivity index (χ2n) is 7.62. The normalized spacial score (nSPS) is 19.9. The van der Waals surface area contributed by atoms with Gasteiger partial charge < -0.3 is 19.6 Å². The SMILES string of the molecule is CCNC(=NCCN1CCCCCC1)N1CCN(S(=O)(=O)Cc2ccon2)CC1.I. The van der Waals surface area contributed by atoms with Gasteiger partial charge in [-0.3, -0.25) is 4.99 Å². The van der Waals surface area contributed by atoms with Crippen LogP contribution in [0.2, 0.25) is 0 Å². The van der Waals surface area contributed by atoms with Gasteiger partial charge in [-0.15, -0.1) is 24.0 Å². The van der Waals surface area contributed by atoms with Crippen LogP contribution in [0.15, 0.2) is 21.8 Å². The number of aliphatic imine (C=N–C) groups is 1. The number of guanidine groups is 1. The van der Waals surface area contributed by atoms with E-state index in [1.807, 2.05) is 0 Å². The van der Waals surface area contributed by atoms with Gasteiger partial charge in [0.05, 0.1) is 12.2 Å². The zero-order valence-electron chi connectivity index (χ0n) is 17.8. The fourth-order valence-corrected chi connectivity index (χ4v) is 5.28. The number of nitrogens with one attached hydrogen (secondary N) is 1. The Kier molecular flexibility index (Phi) is 10.8. The number of likely N-dealkylation sites (tertiary alicyclic amines) is 1. The molecule has 0 radical (unpaired) electrons. The monoisotopic (exact) mass is 554 g/mol. The molecule has 9 nitrogen and oxygen atoms in total. The van der Waals surface area contributed by atoms with Crippen LogP contribution >= 0.6 is 24.0 Å². The zero-order valence-corrected chi connectivity index (χ0v) is 21.0. The lowest BCUT2D eigenvalue weighted by atomic mass is 10.2. The van der Waals surface area contributed by atoms with Crippen molar-refractivity contribution < 1.29 is 12.9 Å². The Bertz CT molecular complexity index is 727. The Morgan fingerprint density at radius 1 is 1.13 bits per heavy atom. The lowest BCUT2D eigenvalue weighted by Gasteiger charge is -2.35. The summed E-state index contributed by atoms with van der Waals surface area (Å²) in [6, 6.07) is 1.59. The Morgan fingerprint density at radius 2 is 1.83 bits per heavy atom. The van der Waals surface area contributed by atoms with Crippen LogP contribution in [0.1, 0.15) is 38.3 Å². The number of hydrogen-bond donors (Lipinski definition) is 1. The Balaban J connectivity index is 0.00000320. The Labute approximate surface area is 197 Å². The summed E-state index contributed by atoms with van der Waals surface area (Å²) in [5.74, 6) is 0.767. The van der Waals surface area contributed by atoms with Crippen molar-refractivity contribution in [1.29, 1.82) is 0 Å². The lowest BCUT2D eigenvalue weighted by molar-refractivity contribution is 0.258. The van der Waals surface area contributed by atoms with Crippen LogP contribution in [0.25, 0.3) is 0 Å². The molecule has 0 amide bonds. The molecule has 1 aromatic heterocycles. The molecule has 2 aliphatic rings. The predicted octanol–water partition coefficient (Wildman–Crippen LogP) is 1.58. The molecule has 0 aliphatic carbocycles. The second kappa shape index (κ2) is 12.8. The number of hydrogen-bond acceptors (Lipinski definition) is 6. The first kappa shape index (κ1) is 25.3. The van der Waals surface area contributed by atoms with Crippen LogP contribution < -0.4 is 5.32 Å². The van der Waals surface area contributed by atoms with Gasteiger partial charge >= 0.3 is 0 Å². The molecule has 3 heterocycles. The van der Waals surface area contributed by atoms with Crippen LogP contribution in [0, 0.1) is 0 Å². The number of nitrogens with zero attached hydrogens (tertiary/aromatic N) is 5. The molecule has 0 bridgehead atoms. The Morgan fingerprint density at radius 3 is 2.43 bits per heavy atom. The van der Waals surface area contributed by atoms with Crippen molar-refractivity contribution in [2.75, 3.05) is 58.9 Å². The summed E-state index contributed by atoms with van der Waals surface area (Å²) in [7, 11) is -3.39. The van der Waals surface area contributed by atoms with Gasteiger partial charge in [0, 0.05) is 45.3 Å². The average Bonchev–Trinajstić information content (AvgIpc) is 3.07. The summed E-state index contributed by atoms with van der Waals surface area (Å²) >= 11 is 0. The lowest BCUT2D eigenvalue weighted by Crippen LogP contribution is -2.54. The average molecular weight is 554 g/mol. The molecule has 0 atom stereocenters. The highest BCUT2D eigenvalue weighted by molar-refractivity contribution is 14.0. The van der Waals surface area contributed by atoms with Gasteiger partial charge in [0.1, 0.15) is 12.0 Å².